The van der Waals surface area contributed by atoms with E-state index in [0.717, 1.165) is 33.9 Å². The summed E-state index contributed by atoms with van der Waals surface area (Å²) in [6.07, 6.45) is 2.01. The van der Waals surface area contributed by atoms with Gasteiger partial charge in [-0.05, 0) is 75.3 Å². The number of para-hydroxylation sites is 1. The van der Waals surface area contributed by atoms with Gasteiger partial charge in [0.15, 0.2) is 0 Å². The Morgan fingerprint density at radius 2 is 0.904 bits per heavy atom. The van der Waals surface area contributed by atoms with E-state index in [-0.39, 0.29) is 5.41 Å². The van der Waals surface area contributed by atoms with Gasteiger partial charge >= 0.3 is 0 Å². The van der Waals surface area contributed by atoms with Gasteiger partial charge in [-0.2, -0.15) is 0 Å². The predicted octanol–water partition coefficient (Wildman–Crippen LogP) is 13.5. The number of hydrogen-bond acceptors (Lipinski definition) is 2. The fourth-order valence-electron chi connectivity index (χ4n) is 7.12. The van der Waals surface area contributed by atoms with Crippen LogP contribution in [0, 0.1) is 0 Å². The zero-order valence-electron chi connectivity index (χ0n) is 29.5. The first-order valence-electron chi connectivity index (χ1n) is 17.9. The molecule has 2 heteroatoms. The summed E-state index contributed by atoms with van der Waals surface area (Å²) in [4.78, 5) is 7.44. The molecule has 0 amide bonds. The van der Waals surface area contributed by atoms with Gasteiger partial charge in [-0.15, -0.1) is 0 Å². The number of nitrogens with zero attached hydrogens (tertiary/aromatic N) is 2. The van der Waals surface area contributed by atoms with E-state index >= 15 is 0 Å². The third kappa shape index (κ3) is 6.55. The van der Waals surface area contributed by atoms with Crippen LogP contribution < -0.4 is 4.90 Å². The second-order valence-corrected chi connectivity index (χ2v) is 13.7. The number of benzene rings is 7. The van der Waals surface area contributed by atoms with E-state index in [4.69, 9.17) is 4.98 Å². The summed E-state index contributed by atoms with van der Waals surface area (Å²) in [5.74, 6) is 0. The van der Waals surface area contributed by atoms with Gasteiger partial charge < -0.3 is 4.90 Å². The zero-order valence-corrected chi connectivity index (χ0v) is 29.5. The van der Waals surface area contributed by atoms with E-state index in [9.17, 15) is 0 Å². The highest BCUT2D eigenvalue weighted by atomic mass is 15.1. The third-order valence-corrected chi connectivity index (χ3v) is 10.1. The molecule has 0 saturated carbocycles. The first-order valence-corrected chi connectivity index (χ1v) is 17.9. The fourth-order valence-corrected chi connectivity index (χ4v) is 7.12. The second kappa shape index (κ2) is 14.4. The van der Waals surface area contributed by atoms with E-state index in [1.807, 2.05) is 6.20 Å². The Balaban J connectivity index is 1.22. The van der Waals surface area contributed by atoms with Crippen molar-refractivity contribution in [2.24, 2.45) is 0 Å². The molecule has 0 saturated heterocycles. The Morgan fingerprint density at radius 3 is 1.58 bits per heavy atom. The van der Waals surface area contributed by atoms with E-state index in [0.29, 0.717) is 0 Å². The van der Waals surface area contributed by atoms with Gasteiger partial charge in [-0.1, -0.05) is 178 Å². The van der Waals surface area contributed by atoms with Crippen LogP contribution in [0.4, 0.5) is 17.1 Å². The summed E-state index contributed by atoms with van der Waals surface area (Å²) in [7, 11) is 0. The molecule has 1 heterocycles. The van der Waals surface area contributed by atoms with Crippen LogP contribution in [-0.4, -0.2) is 4.98 Å². The topological polar surface area (TPSA) is 16.1 Å². The number of anilines is 3. The molecule has 7 aromatic carbocycles. The van der Waals surface area contributed by atoms with Crippen molar-refractivity contribution in [2.45, 2.75) is 19.3 Å². The monoisotopic (exact) mass is 668 g/mol. The third-order valence-electron chi connectivity index (χ3n) is 10.1. The molecule has 0 bridgehead atoms. The maximum Gasteiger partial charge on any atom is 0.0703 e. The maximum absolute atomic E-state index is 5.11. The molecule has 2 nitrogen and oxygen atoms in total. The van der Waals surface area contributed by atoms with Crippen molar-refractivity contribution in [3.63, 3.8) is 0 Å². The van der Waals surface area contributed by atoms with E-state index in [2.05, 4.69) is 219 Å². The van der Waals surface area contributed by atoms with Crippen LogP contribution in [0.2, 0.25) is 0 Å². The van der Waals surface area contributed by atoms with Crippen molar-refractivity contribution < 1.29 is 0 Å². The summed E-state index contributed by atoms with van der Waals surface area (Å²) in [6, 6.07) is 71.2. The summed E-state index contributed by atoms with van der Waals surface area (Å²) in [5.41, 5.74) is 14.7. The fraction of sp³-hybridized carbons (Fsp3) is 0.0600. The van der Waals surface area contributed by atoms with Gasteiger partial charge in [0.1, 0.15) is 0 Å². The molecular weight excluding hydrogens is 629 g/mol. The van der Waals surface area contributed by atoms with Crippen LogP contribution in [0.5, 0.6) is 0 Å². The first-order chi connectivity index (χ1) is 25.6. The zero-order chi connectivity index (χ0) is 35.3. The highest BCUT2D eigenvalue weighted by Gasteiger charge is 2.24. The molecule has 0 radical (unpaired) electrons. The molecule has 1 aromatic heterocycles. The average molecular weight is 669 g/mol. The minimum absolute atomic E-state index is 0.139. The van der Waals surface area contributed by atoms with Gasteiger partial charge in [0, 0.05) is 22.2 Å². The van der Waals surface area contributed by atoms with Crippen molar-refractivity contribution >= 4 is 17.1 Å². The molecular formula is C50H40N2. The Hall–Kier alpha value is -6.51. The summed E-state index contributed by atoms with van der Waals surface area (Å²) in [5, 5.41) is 0. The molecule has 8 aromatic rings. The van der Waals surface area contributed by atoms with E-state index in [1.54, 1.807) is 0 Å². The van der Waals surface area contributed by atoms with Crippen LogP contribution in [-0.2, 0) is 5.41 Å². The smallest absolute Gasteiger partial charge is 0.0703 e. The first kappa shape index (κ1) is 32.7. The summed E-state index contributed by atoms with van der Waals surface area (Å²) >= 11 is 0. The summed E-state index contributed by atoms with van der Waals surface area (Å²) < 4.78 is 0. The molecule has 250 valence electrons. The number of aromatic nitrogens is 1. The standard InChI is InChI=1S/C50H40N2/c1-50(2,41-22-10-5-11-23-41)42-24-16-21-40(35-42)48-34-33-44(36-51-48)52(43-31-29-38(30-32-43)37-17-6-3-7-18-37)49-28-15-14-27-47(49)46-26-13-12-25-45(46)39-19-8-4-9-20-39/h3-36H,1-2H3. The Labute approximate surface area is 307 Å². The SMILES string of the molecule is CC(C)(c1ccccc1)c1cccc(-c2ccc(N(c3ccc(-c4ccccc4)cc3)c3ccccc3-c3ccccc3-c3ccccc3)cn2)c1. The lowest BCUT2D eigenvalue weighted by Gasteiger charge is -2.28. The van der Waals surface area contributed by atoms with Crippen molar-refractivity contribution in [2.75, 3.05) is 4.90 Å². The largest absolute Gasteiger partial charge is 0.308 e. The minimum atomic E-state index is -0.139. The van der Waals surface area contributed by atoms with Gasteiger partial charge in [0.05, 0.1) is 23.3 Å². The van der Waals surface area contributed by atoms with Crippen LogP contribution in [0.15, 0.2) is 206 Å². The lowest BCUT2D eigenvalue weighted by Crippen LogP contribution is -2.18. The number of rotatable bonds is 9. The highest BCUT2D eigenvalue weighted by Crippen LogP contribution is 2.44. The molecule has 0 aliphatic carbocycles. The molecule has 0 aliphatic heterocycles. The molecule has 0 spiro atoms. The van der Waals surface area contributed by atoms with Gasteiger partial charge in [-0.3, -0.25) is 4.98 Å². The lowest BCUT2D eigenvalue weighted by atomic mass is 9.77. The van der Waals surface area contributed by atoms with Crippen molar-refractivity contribution in [3.05, 3.63) is 218 Å². The van der Waals surface area contributed by atoms with Crippen LogP contribution in [0.3, 0.4) is 0 Å². The number of hydrogen-bond donors (Lipinski definition) is 0. The molecule has 0 atom stereocenters. The molecule has 0 aliphatic rings. The minimum Gasteiger partial charge on any atom is -0.308 e. The van der Waals surface area contributed by atoms with Crippen molar-refractivity contribution in [1.29, 1.82) is 0 Å². The lowest BCUT2D eigenvalue weighted by molar-refractivity contribution is 0.641. The highest BCUT2D eigenvalue weighted by molar-refractivity contribution is 5.94. The molecule has 8 rings (SSSR count). The average Bonchev–Trinajstić information content (AvgIpc) is 3.23. The van der Waals surface area contributed by atoms with E-state index < -0.39 is 0 Å². The normalized spacial score (nSPS) is 11.3. The Morgan fingerprint density at radius 1 is 0.385 bits per heavy atom. The van der Waals surface area contributed by atoms with Crippen LogP contribution in [0.25, 0.3) is 44.6 Å². The second-order valence-electron chi connectivity index (χ2n) is 13.7. The van der Waals surface area contributed by atoms with Crippen LogP contribution >= 0.6 is 0 Å². The van der Waals surface area contributed by atoms with Gasteiger partial charge in [0.25, 0.3) is 0 Å². The Bertz CT molecular complexity index is 2400. The molecule has 0 fully saturated rings. The molecule has 0 unspecified atom stereocenters. The van der Waals surface area contributed by atoms with Gasteiger partial charge in [0.2, 0.25) is 0 Å². The van der Waals surface area contributed by atoms with Gasteiger partial charge in [-0.25, -0.2) is 0 Å². The predicted molar refractivity (Wildman–Crippen MR) is 219 cm³/mol. The van der Waals surface area contributed by atoms with Crippen LogP contribution in [0.1, 0.15) is 25.0 Å². The van der Waals surface area contributed by atoms with Crippen molar-refractivity contribution in [1.82, 2.24) is 4.98 Å². The molecule has 0 N–H and O–H groups in total. The summed E-state index contributed by atoms with van der Waals surface area (Å²) in [6.45, 7) is 4.57. The number of pyridine rings is 1. The van der Waals surface area contributed by atoms with Crippen molar-refractivity contribution in [3.8, 4) is 44.6 Å². The Kier molecular flexibility index (Phi) is 9.04. The quantitative estimate of drug-likeness (QED) is 0.152. The van der Waals surface area contributed by atoms with E-state index in [1.165, 1.54) is 38.9 Å². The molecule has 52 heavy (non-hydrogen) atoms. The maximum atomic E-state index is 5.11.